The Morgan fingerprint density at radius 3 is 2.59 bits per heavy atom. The highest BCUT2D eigenvalue weighted by molar-refractivity contribution is 5.89. The van der Waals surface area contributed by atoms with Crippen LogP contribution in [0.1, 0.15) is 36.6 Å². The summed E-state index contributed by atoms with van der Waals surface area (Å²) < 4.78 is 5.03. The van der Waals surface area contributed by atoms with Crippen molar-refractivity contribution in [2.75, 3.05) is 19.6 Å². The topological polar surface area (TPSA) is 99.5 Å². The third kappa shape index (κ3) is 3.79. The van der Waals surface area contributed by atoms with Gasteiger partial charge >= 0.3 is 5.76 Å². The van der Waals surface area contributed by atoms with Crippen LogP contribution in [0.3, 0.4) is 0 Å². The van der Waals surface area contributed by atoms with Crippen molar-refractivity contribution in [1.82, 2.24) is 20.0 Å². The Balaban J connectivity index is 1.32. The van der Waals surface area contributed by atoms with Gasteiger partial charge in [0.25, 0.3) is 0 Å². The molecule has 142 valence electrons. The molecule has 0 bridgehead atoms. The minimum Gasteiger partial charge on any atom is -0.392 e. The molecule has 2 aliphatic rings. The molecule has 1 aromatic heterocycles. The molecule has 1 atom stereocenters. The normalized spacial score (nSPS) is 21.0. The van der Waals surface area contributed by atoms with E-state index in [1.165, 1.54) is 0 Å². The first-order valence-electron chi connectivity index (χ1n) is 9.26. The van der Waals surface area contributed by atoms with E-state index in [0.29, 0.717) is 44.9 Å². The molecular formula is C19H22N4O4. The Hall–Kier alpha value is -2.90. The summed E-state index contributed by atoms with van der Waals surface area (Å²) in [5.74, 6) is -0.288. The van der Waals surface area contributed by atoms with Crippen LogP contribution in [0, 0.1) is 5.92 Å². The number of aromatic nitrogens is 2. The van der Waals surface area contributed by atoms with Crippen LogP contribution in [0.4, 0.5) is 0 Å². The van der Waals surface area contributed by atoms with E-state index in [1.807, 2.05) is 35.2 Å². The van der Waals surface area contributed by atoms with E-state index in [0.717, 1.165) is 5.56 Å². The number of piperidine rings is 1. The van der Waals surface area contributed by atoms with Gasteiger partial charge in [-0.15, -0.1) is 5.10 Å². The molecule has 0 aliphatic carbocycles. The molecule has 2 amide bonds. The van der Waals surface area contributed by atoms with Crippen LogP contribution in [0.25, 0.3) is 0 Å². The van der Waals surface area contributed by atoms with Crippen molar-refractivity contribution >= 4 is 11.8 Å². The van der Waals surface area contributed by atoms with Gasteiger partial charge in [0.2, 0.25) is 17.7 Å². The van der Waals surface area contributed by atoms with Crippen LogP contribution >= 0.6 is 0 Å². The van der Waals surface area contributed by atoms with Gasteiger partial charge in [0.05, 0.1) is 5.92 Å². The molecule has 2 saturated heterocycles. The highest BCUT2D eigenvalue weighted by Gasteiger charge is 2.37. The molecule has 0 radical (unpaired) electrons. The Labute approximate surface area is 156 Å². The summed E-state index contributed by atoms with van der Waals surface area (Å²) in [5, 5.41) is 6.17. The number of nitrogens with zero attached hydrogens (tertiary/aromatic N) is 3. The summed E-state index contributed by atoms with van der Waals surface area (Å²) in [7, 11) is 0. The maximum atomic E-state index is 12.8. The van der Waals surface area contributed by atoms with Crippen molar-refractivity contribution in [3.05, 3.63) is 52.3 Å². The first-order valence-corrected chi connectivity index (χ1v) is 9.26. The van der Waals surface area contributed by atoms with Gasteiger partial charge in [0.1, 0.15) is 0 Å². The van der Waals surface area contributed by atoms with Crippen LogP contribution in [0.5, 0.6) is 0 Å². The van der Waals surface area contributed by atoms with Crippen molar-refractivity contribution in [2.24, 2.45) is 5.92 Å². The summed E-state index contributed by atoms with van der Waals surface area (Å²) >= 11 is 0. The summed E-state index contributed by atoms with van der Waals surface area (Å²) in [4.78, 5) is 39.8. The van der Waals surface area contributed by atoms with Gasteiger partial charge in [-0.2, -0.15) is 0 Å². The van der Waals surface area contributed by atoms with Crippen molar-refractivity contribution in [3.8, 4) is 0 Å². The highest BCUT2D eigenvalue weighted by atomic mass is 16.4. The lowest BCUT2D eigenvalue weighted by molar-refractivity contribution is -0.136. The molecular weight excluding hydrogens is 348 g/mol. The number of carbonyl (C=O) groups is 2. The summed E-state index contributed by atoms with van der Waals surface area (Å²) in [6.45, 7) is 2.19. The maximum Gasteiger partial charge on any atom is 0.434 e. The molecule has 8 heteroatoms. The van der Waals surface area contributed by atoms with E-state index < -0.39 is 5.76 Å². The lowest BCUT2D eigenvalue weighted by Crippen LogP contribution is -2.42. The second-order valence-corrected chi connectivity index (χ2v) is 7.21. The third-order valence-corrected chi connectivity index (χ3v) is 5.39. The van der Waals surface area contributed by atoms with Crippen LogP contribution < -0.4 is 5.76 Å². The second-order valence-electron chi connectivity index (χ2n) is 7.21. The minimum atomic E-state index is -0.550. The molecule has 1 unspecified atom stereocenters. The van der Waals surface area contributed by atoms with E-state index in [1.54, 1.807) is 4.90 Å². The number of nitrogens with one attached hydrogen (secondary N) is 1. The van der Waals surface area contributed by atoms with Gasteiger partial charge in [-0.25, -0.2) is 9.89 Å². The largest absolute Gasteiger partial charge is 0.434 e. The SMILES string of the molecule is O=C1CC(C(=O)N2CCC(c3n[nH]c(=O)o3)CC2)CN1Cc1ccccc1. The summed E-state index contributed by atoms with van der Waals surface area (Å²) in [6, 6.07) is 9.81. The van der Waals surface area contributed by atoms with Crippen LogP contribution in [-0.4, -0.2) is 51.4 Å². The van der Waals surface area contributed by atoms with Gasteiger partial charge in [-0.1, -0.05) is 30.3 Å². The lowest BCUT2D eigenvalue weighted by Gasteiger charge is -2.32. The number of rotatable bonds is 4. The lowest BCUT2D eigenvalue weighted by atomic mass is 9.95. The van der Waals surface area contributed by atoms with Crippen molar-refractivity contribution in [1.29, 1.82) is 0 Å². The minimum absolute atomic E-state index is 0.0328. The van der Waals surface area contributed by atoms with Gasteiger partial charge in [0, 0.05) is 38.5 Å². The molecule has 2 aromatic rings. The molecule has 1 N–H and O–H groups in total. The average Bonchev–Trinajstić information content (AvgIpc) is 3.28. The number of hydrogen-bond donors (Lipinski definition) is 1. The van der Waals surface area contributed by atoms with E-state index in [9.17, 15) is 14.4 Å². The Morgan fingerprint density at radius 2 is 1.93 bits per heavy atom. The number of carbonyl (C=O) groups excluding carboxylic acids is 2. The summed E-state index contributed by atoms with van der Waals surface area (Å²) in [5.41, 5.74) is 1.07. The van der Waals surface area contributed by atoms with Gasteiger partial charge in [-0.05, 0) is 18.4 Å². The fraction of sp³-hybridized carbons (Fsp3) is 0.474. The first-order chi connectivity index (χ1) is 13.1. The van der Waals surface area contributed by atoms with Gasteiger partial charge in [-0.3, -0.25) is 9.59 Å². The zero-order chi connectivity index (χ0) is 18.8. The second kappa shape index (κ2) is 7.38. The average molecular weight is 370 g/mol. The molecule has 1 aromatic carbocycles. The van der Waals surface area contributed by atoms with Crippen molar-refractivity contribution in [2.45, 2.75) is 31.7 Å². The van der Waals surface area contributed by atoms with Crippen LogP contribution in [-0.2, 0) is 16.1 Å². The van der Waals surface area contributed by atoms with Gasteiger partial charge < -0.3 is 14.2 Å². The van der Waals surface area contributed by atoms with Crippen molar-refractivity contribution in [3.63, 3.8) is 0 Å². The Bertz CT molecular complexity index is 867. The molecule has 8 nitrogen and oxygen atoms in total. The number of likely N-dealkylation sites (tertiary alicyclic amines) is 2. The quantitative estimate of drug-likeness (QED) is 0.869. The fourth-order valence-corrected chi connectivity index (χ4v) is 3.92. The number of aromatic amines is 1. The summed E-state index contributed by atoms with van der Waals surface area (Å²) in [6.07, 6.45) is 1.68. The van der Waals surface area contributed by atoms with Crippen LogP contribution in [0.15, 0.2) is 39.5 Å². The van der Waals surface area contributed by atoms with E-state index in [4.69, 9.17) is 4.42 Å². The molecule has 4 rings (SSSR count). The first kappa shape index (κ1) is 17.5. The number of hydrogen-bond acceptors (Lipinski definition) is 5. The maximum absolute atomic E-state index is 12.8. The van der Waals surface area contributed by atoms with Crippen molar-refractivity contribution < 1.29 is 14.0 Å². The Kier molecular flexibility index (Phi) is 4.79. The monoisotopic (exact) mass is 370 g/mol. The van der Waals surface area contributed by atoms with E-state index in [2.05, 4.69) is 10.2 Å². The Morgan fingerprint density at radius 1 is 1.19 bits per heavy atom. The third-order valence-electron chi connectivity index (χ3n) is 5.39. The highest BCUT2D eigenvalue weighted by Crippen LogP contribution is 2.28. The van der Waals surface area contributed by atoms with E-state index in [-0.39, 0.29) is 30.1 Å². The van der Waals surface area contributed by atoms with Gasteiger partial charge in [0.15, 0.2) is 0 Å². The molecule has 0 saturated carbocycles. The molecule has 2 fully saturated rings. The number of benzene rings is 1. The predicted molar refractivity (Wildman–Crippen MR) is 95.6 cm³/mol. The standard InChI is InChI=1S/C19H22N4O4/c24-16-10-15(12-23(16)11-13-4-2-1-3-5-13)18(25)22-8-6-14(7-9-22)17-20-21-19(26)27-17/h1-5,14-15H,6-12H2,(H,21,26). The molecule has 2 aliphatic heterocycles. The zero-order valence-electron chi connectivity index (χ0n) is 15.0. The number of H-pyrrole nitrogens is 1. The molecule has 3 heterocycles. The zero-order valence-corrected chi connectivity index (χ0v) is 15.0. The smallest absolute Gasteiger partial charge is 0.392 e. The number of amides is 2. The molecule has 0 spiro atoms. The van der Waals surface area contributed by atoms with E-state index >= 15 is 0 Å². The fourth-order valence-electron chi connectivity index (χ4n) is 3.92. The molecule has 27 heavy (non-hydrogen) atoms. The predicted octanol–water partition coefficient (Wildman–Crippen LogP) is 1.12. The van der Waals surface area contributed by atoms with Crippen LogP contribution in [0.2, 0.25) is 0 Å².